The third kappa shape index (κ3) is 3.86. The van der Waals surface area contributed by atoms with Crippen LogP contribution >= 0.6 is 11.3 Å². The second-order valence-electron chi connectivity index (χ2n) is 9.71. The van der Waals surface area contributed by atoms with Crippen molar-refractivity contribution in [3.63, 3.8) is 0 Å². The van der Waals surface area contributed by atoms with Crippen molar-refractivity contribution in [1.82, 2.24) is 20.4 Å². The highest BCUT2D eigenvalue weighted by Gasteiger charge is 2.56. The number of likely N-dealkylation sites (tertiary alicyclic amines) is 1. The Labute approximate surface area is 210 Å². The van der Waals surface area contributed by atoms with Crippen LogP contribution in [0.25, 0.3) is 21.7 Å². The summed E-state index contributed by atoms with van der Waals surface area (Å²) in [5, 5.41) is 10.5. The van der Waals surface area contributed by atoms with Gasteiger partial charge >= 0.3 is 5.97 Å². The maximum absolute atomic E-state index is 13.6. The first-order valence-corrected chi connectivity index (χ1v) is 12.9. The Morgan fingerprint density at radius 1 is 1.25 bits per heavy atom. The van der Waals surface area contributed by atoms with E-state index in [4.69, 9.17) is 14.0 Å². The molecule has 3 aliphatic rings. The predicted octanol–water partition coefficient (Wildman–Crippen LogP) is 2.64. The van der Waals surface area contributed by atoms with Gasteiger partial charge in [-0.25, -0.2) is 4.98 Å². The van der Waals surface area contributed by atoms with Gasteiger partial charge in [-0.05, 0) is 49.8 Å². The van der Waals surface area contributed by atoms with Crippen molar-refractivity contribution in [2.75, 3.05) is 26.9 Å². The molecule has 188 valence electrons. The van der Waals surface area contributed by atoms with Crippen molar-refractivity contribution >= 4 is 40.1 Å². The topological polar surface area (TPSA) is 124 Å². The van der Waals surface area contributed by atoms with E-state index in [1.165, 1.54) is 18.4 Å². The summed E-state index contributed by atoms with van der Waals surface area (Å²) >= 11 is 1.46. The van der Waals surface area contributed by atoms with Crippen molar-refractivity contribution in [3.05, 3.63) is 35.3 Å². The predicted molar refractivity (Wildman–Crippen MR) is 129 cm³/mol. The molecule has 4 heterocycles. The van der Waals surface area contributed by atoms with Crippen LogP contribution in [0.1, 0.15) is 36.0 Å². The van der Waals surface area contributed by atoms with E-state index in [0.29, 0.717) is 55.2 Å². The van der Waals surface area contributed by atoms with Gasteiger partial charge in [0.05, 0.1) is 17.9 Å². The molecule has 36 heavy (non-hydrogen) atoms. The summed E-state index contributed by atoms with van der Waals surface area (Å²) in [5.41, 5.74) is 0.793. The number of thiazole rings is 1. The summed E-state index contributed by atoms with van der Waals surface area (Å²) in [7, 11) is 1.36. The van der Waals surface area contributed by atoms with Crippen LogP contribution in [0.4, 0.5) is 0 Å². The zero-order valence-electron chi connectivity index (χ0n) is 19.8. The van der Waals surface area contributed by atoms with Gasteiger partial charge in [0.25, 0.3) is 5.91 Å². The number of piperidine rings is 1. The average Bonchev–Trinajstić information content (AvgIpc) is 3.29. The van der Waals surface area contributed by atoms with E-state index in [1.807, 2.05) is 11.4 Å². The van der Waals surface area contributed by atoms with Crippen LogP contribution in [0.5, 0.6) is 0 Å². The van der Waals surface area contributed by atoms with Crippen molar-refractivity contribution in [2.24, 2.45) is 11.3 Å². The van der Waals surface area contributed by atoms with E-state index in [0.717, 1.165) is 16.8 Å². The number of nitrogens with one attached hydrogen (secondary N) is 1. The Balaban J connectivity index is 1.20. The van der Waals surface area contributed by atoms with E-state index in [2.05, 4.69) is 15.5 Å². The fraction of sp³-hybridized carbons (Fsp3) is 0.480. The minimum atomic E-state index is -0.800. The Kier molecular flexibility index (Phi) is 5.76. The Hall–Kier alpha value is -3.31. The molecule has 0 bridgehead atoms. The molecule has 1 aromatic carbocycles. The summed E-state index contributed by atoms with van der Waals surface area (Å²) in [6.07, 6.45) is 4.20. The highest BCUT2D eigenvalue weighted by molar-refractivity contribution is 7.13. The van der Waals surface area contributed by atoms with Gasteiger partial charge in [-0.15, -0.1) is 11.3 Å². The number of hydrogen-bond acceptors (Lipinski definition) is 9. The van der Waals surface area contributed by atoms with Crippen LogP contribution in [0.2, 0.25) is 0 Å². The van der Waals surface area contributed by atoms with Crippen molar-refractivity contribution in [1.29, 1.82) is 0 Å². The molecule has 0 radical (unpaired) electrons. The number of aromatic nitrogens is 2. The molecule has 1 saturated carbocycles. The zero-order valence-corrected chi connectivity index (χ0v) is 20.6. The normalized spacial score (nSPS) is 24.4. The van der Waals surface area contributed by atoms with Gasteiger partial charge in [-0.1, -0.05) is 5.16 Å². The third-order valence-electron chi connectivity index (χ3n) is 7.66. The van der Waals surface area contributed by atoms with Gasteiger partial charge in [0, 0.05) is 42.9 Å². The van der Waals surface area contributed by atoms with Crippen molar-refractivity contribution < 1.29 is 28.4 Å². The first kappa shape index (κ1) is 23.1. The zero-order chi connectivity index (χ0) is 24.9. The van der Waals surface area contributed by atoms with Crippen LogP contribution in [0.15, 0.2) is 34.3 Å². The summed E-state index contributed by atoms with van der Waals surface area (Å²) in [6, 6.07) is 4.73. The van der Waals surface area contributed by atoms with Crippen LogP contribution < -0.4 is 5.32 Å². The molecule has 2 aromatic heterocycles. The minimum absolute atomic E-state index is 0.0576. The van der Waals surface area contributed by atoms with Gasteiger partial charge in [0.2, 0.25) is 5.91 Å². The molecule has 2 saturated heterocycles. The lowest BCUT2D eigenvalue weighted by molar-refractivity contribution is -0.158. The van der Waals surface area contributed by atoms with Crippen LogP contribution in [0, 0.1) is 11.3 Å². The fourth-order valence-electron chi connectivity index (χ4n) is 5.50. The molecule has 2 aliphatic heterocycles. The first-order valence-electron chi connectivity index (χ1n) is 12.1. The van der Waals surface area contributed by atoms with Gasteiger partial charge in [0.1, 0.15) is 16.7 Å². The Bertz CT molecular complexity index is 1320. The monoisotopic (exact) mass is 510 g/mol. The minimum Gasteiger partial charge on any atom is -0.469 e. The third-order valence-corrected chi connectivity index (χ3v) is 8.44. The number of nitrogens with zero attached hydrogens (tertiary/aromatic N) is 3. The van der Waals surface area contributed by atoms with E-state index in [1.54, 1.807) is 23.2 Å². The SMILES string of the molecule is COC(=O)C1(CNC(=O)[C@@H]2C[C@@H]3C[C@@H]3N2C(=O)c2ccc3c(-c4nccs4)noc3c2)CCOCC1. The quantitative estimate of drug-likeness (QED) is 0.502. The summed E-state index contributed by atoms with van der Waals surface area (Å²) in [4.78, 5) is 45.4. The molecule has 2 amide bonds. The van der Waals surface area contributed by atoms with E-state index in [-0.39, 0.29) is 30.4 Å². The largest absolute Gasteiger partial charge is 0.469 e. The summed E-state index contributed by atoms with van der Waals surface area (Å²) in [6.45, 7) is 1.05. The average molecular weight is 511 g/mol. The summed E-state index contributed by atoms with van der Waals surface area (Å²) in [5.74, 6) is -0.459. The fourth-order valence-corrected chi connectivity index (χ4v) is 6.13. The number of fused-ring (bicyclic) bond motifs is 2. The van der Waals surface area contributed by atoms with Crippen LogP contribution in [-0.2, 0) is 19.1 Å². The Morgan fingerprint density at radius 3 is 2.83 bits per heavy atom. The second-order valence-corrected chi connectivity index (χ2v) is 10.6. The number of esters is 1. The highest BCUT2D eigenvalue weighted by atomic mass is 32.1. The maximum Gasteiger partial charge on any atom is 0.313 e. The van der Waals surface area contributed by atoms with E-state index >= 15 is 0 Å². The first-order chi connectivity index (χ1) is 17.5. The molecule has 1 aliphatic carbocycles. The smallest absolute Gasteiger partial charge is 0.313 e. The molecule has 3 fully saturated rings. The van der Waals surface area contributed by atoms with E-state index in [9.17, 15) is 14.4 Å². The molecule has 1 N–H and O–H groups in total. The van der Waals surface area contributed by atoms with Gasteiger partial charge in [0.15, 0.2) is 5.58 Å². The number of amides is 2. The molecule has 3 aromatic rings. The molecule has 0 spiro atoms. The van der Waals surface area contributed by atoms with Crippen molar-refractivity contribution in [2.45, 2.75) is 37.8 Å². The molecule has 3 atom stereocenters. The molecule has 11 heteroatoms. The van der Waals surface area contributed by atoms with Gasteiger partial charge < -0.3 is 24.2 Å². The molecule has 6 rings (SSSR count). The number of ether oxygens (including phenoxy) is 2. The molecular formula is C25H26N4O6S. The number of methoxy groups -OCH3 is 1. The number of carbonyl (C=O) groups excluding carboxylic acids is 3. The van der Waals surface area contributed by atoms with Crippen LogP contribution in [0.3, 0.4) is 0 Å². The number of benzene rings is 1. The van der Waals surface area contributed by atoms with Gasteiger partial charge in [-0.2, -0.15) is 0 Å². The number of hydrogen-bond donors (Lipinski definition) is 1. The lowest BCUT2D eigenvalue weighted by atomic mass is 9.80. The van der Waals surface area contributed by atoms with Crippen LogP contribution in [-0.4, -0.2) is 71.8 Å². The summed E-state index contributed by atoms with van der Waals surface area (Å²) < 4.78 is 15.9. The van der Waals surface area contributed by atoms with E-state index < -0.39 is 11.5 Å². The molecular weight excluding hydrogens is 484 g/mol. The molecule has 10 nitrogen and oxygen atoms in total. The standard InChI is InChI=1S/C25H26N4O6S/c1-33-24(32)25(4-7-34-8-5-25)13-27-21(30)18-11-15-10-17(15)29(18)23(31)14-2-3-16-19(12-14)35-28-20(16)22-26-6-9-36-22/h2-3,6,9,12,15,17-18H,4-5,7-8,10-11,13H2,1H3,(H,27,30)/t15-,17-,18-/m0/s1. The second kappa shape index (κ2) is 8.97. The van der Waals surface area contributed by atoms with Gasteiger partial charge in [-0.3, -0.25) is 14.4 Å². The Morgan fingerprint density at radius 2 is 2.08 bits per heavy atom. The maximum atomic E-state index is 13.6. The molecule has 0 unspecified atom stereocenters. The number of carbonyl (C=O) groups is 3. The lowest BCUT2D eigenvalue weighted by Crippen LogP contribution is -2.52. The highest BCUT2D eigenvalue weighted by Crippen LogP contribution is 2.48. The number of rotatable bonds is 6. The van der Waals surface area contributed by atoms with Crippen molar-refractivity contribution in [3.8, 4) is 10.7 Å². The lowest BCUT2D eigenvalue weighted by Gasteiger charge is -2.35.